The van der Waals surface area contributed by atoms with E-state index in [4.69, 9.17) is 0 Å². The molecule has 0 aromatic heterocycles. The summed E-state index contributed by atoms with van der Waals surface area (Å²) in [6.07, 6.45) is 5.91. The van der Waals surface area contributed by atoms with Crippen molar-refractivity contribution < 1.29 is 9.59 Å². The molecule has 3 fully saturated rings. The minimum Gasteiger partial charge on any atom is -0.334 e. The van der Waals surface area contributed by atoms with E-state index in [1.54, 1.807) is 0 Å². The van der Waals surface area contributed by atoms with Crippen LogP contribution in [0.1, 0.15) is 38.5 Å². The Labute approximate surface area is 107 Å². The zero-order chi connectivity index (χ0) is 12.5. The zero-order valence-corrected chi connectivity index (χ0v) is 10.7. The Kier molecular flexibility index (Phi) is 3.24. The molecule has 3 aliphatic rings. The van der Waals surface area contributed by atoms with Gasteiger partial charge in [0.2, 0.25) is 5.91 Å². The van der Waals surface area contributed by atoms with E-state index < -0.39 is 0 Å². The molecule has 0 radical (unpaired) electrons. The van der Waals surface area contributed by atoms with Crippen LogP contribution in [-0.4, -0.2) is 42.0 Å². The van der Waals surface area contributed by atoms with Gasteiger partial charge in [0, 0.05) is 12.1 Å². The fourth-order valence-electron chi connectivity index (χ4n) is 3.52. The van der Waals surface area contributed by atoms with Crippen LogP contribution in [0.25, 0.3) is 0 Å². The van der Waals surface area contributed by atoms with E-state index in [1.807, 2.05) is 0 Å². The van der Waals surface area contributed by atoms with Gasteiger partial charge in [0.1, 0.15) is 0 Å². The first-order chi connectivity index (χ1) is 8.77. The molecule has 2 saturated heterocycles. The molecule has 1 saturated carbocycles. The van der Waals surface area contributed by atoms with Crippen LogP contribution in [0.2, 0.25) is 0 Å². The molecule has 1 aliphatic carbocycles. The third-order valence-electron chi connectivity index (χ3n) is 4.52. The number of imide groups is 1. The van der Waals surface area contributed by atoms with E-state index in [-0.39, 0.29) is 29.9 Å². The summed E-state index contributed by atoms with van der Waals surface area (Å²) in [6, 6.07) is 0.0355. The van der Waals surface area contributed by atoms with Gasteiger partial charge in [-0.25, -0.2) is 4.79 Å². The first kappa shape index (κ1) is 12.0. The van der Waals surface area contributed by atoms with Crippen LogP contribution in [0.5, 0.6) is 0 Å². The molecule has 5 nitrogen and oxygen atoms in total. The van der Waals surface area contributed by atoms with Gasteiger partial charge in [-0.15, -0.1) is 0 Å². The molecule has 2 atom stereocenters. The quantitative estimate of drug-likeness (QED) is 0.726. The molecule has 2 heterocycles. The third kappa shape index (κ3) is 2.00. The standard InChI is InChI=1S/C13H21N3O2/c17-12-10-3-1-2-4-11(10)15-13(18)16(12)9-5-7-14-8-6-9/h9-11,14H,1-8H2,(H,15,18). The Morgan fingerprint density at radius 1 is 1.00 bits per heavy atom. The number of fused-ring (bicyclic) bond motifs is 1. The second kappa shape index (κ2) is 4.88. The van der Waals surface area contributed by atoms with E-state index in [9.17, 15) is 9.59 Å². The molecule has 3 rings (SSSR count). The Morgan fingerprint density at radius 2 is 1.72 bits per heavy atom. The van der Waals surface area contributed by atoms with E-state index in [1.165, 1.54) is 4.90 Å². The summed E-state index contributed by atoms with van der Waals surface area (Å²) < 4.78 is 0. The lowest BCUT2D eigenvalue weighted by Gasteiger charge is -2.43. The third-order valence-corrected chi connectivity index (χ3v) is 4.52. The minimum absolute atomic E-state index is 0.0336. The Morgan fingerprint density at radius 3 is 2.50 bits per heavy atom. The van der Waals surface area contributed by atoms with Crippen molar-refractivity contribution in [2.45, 2.75) is 50.6 Å². The van der Waals surface area contributed by atoms with Crippen molar-refractivity contribution in [3.63, 3.8) is 0 Å². The van der Waals surface area contributed by atoms with E-state index in [2.05, 4.69) is 10.6 Å². The average Bonchev–Trinajstić information content (AvgIpc) is 2.40. The number of piperidine rings is 1. The fourth-order valence-corrected chi connectivity index (χ4v) is 3.52. The van der Waals surface area contributed by atoms with Crippen molar-refractivity contribution in [1.82, 2.24) is 15.5 Å². The lowest BCUT2D eigenvalue weighted by Crippen LogP contribution is -2.64. The molecule has 2 N–H and O–H groups in total. The van der Waals surface area contributed by atoms with Crippen molar-refractivity contribution in [2.24, 2.45) is 5.92 Å². The van der Waals surface area contributed by atoms with Gasteiger partial charge in [0.05, 0.1) is 5.92 Å². The molecule has 2 aliphatic heterocycles. The van der Waals surface area contributed by atoms with Crippen LogP contribution < -0.4 is 10.6 Å². The average molecular weight is 251 g/mol. The first-order valence-electron chi connectivity index (χ1n) is 7.11. The highest BCUT2D eigenvalue weighted by Crippen LogP contribution is 2.31. The van der Waals surface area contributed by atoms with E-state index in [0.29, 0.717) is 0 Å². The highest BCUT2D eigenvalue weighted by molar-refractivity contribution is 5.99. The molecular weight excluding hydrogens is 230 g/mol. The molecule has 5 heteroatoms. The number of hydrogen-bond donors (Lipinski definition) is 2. The summed E-state index contributed by atoms with van der Waals surface area (Å²) in [7, 11) is 0. The van der Waals surface area contributed by atoms with Gasteiger partial charge in [-0.1, -0.05) is 12.8 Å². The minimum atomic E-state index is -0.157. The van der Waals surface area contributed by atoms with Crippen LogP contribution in [0.15, 0.2) is 0 Å². The second-order valence-corrected chi connectivity index (χ2v) is 5.64. The maximum Gasteiger partial charge on any atom is 0.324 e. The van der Waals surface area contributed by atoms with Gasteiger partial charge >= 0.3 is 6.03 Å². The van der Waals surface area contributed by atoms with Crippen molar-refractivity contribution in [3.8, 4) is 0 Å². The highest BCUT2D eigenvalue weighted by atomic mass is 16.2. The molecule has 18 heavy (non-hydrogen) atoms. The largest absolute Gasteiger partial charge is 0.334 e. The number of nitrogens with zero attached hydrogens (tertiary/aromatic N) is 1. The summed E-state index contributed by atoms with van der Waals surface area (Å²) in [4.78, 5) is 26.2. The number of carbonyl (C=O) groups is 2. The molecule has 100 valence electrons. The van der Waals surface area contributed by atoms with Crippen LogP contribution in [0.3, 0.4) is 0 Å². The molecule has 0 aromatic carbocycles. The lowest BCUT2D eigenvalue weighted by atomic mass is 9.81. The number of urea groups is 1. The first-order valence-corrected chi connectivity index (χ1v) is 7.11. The number of hydrogen-bond acceptors (Lipinski definition) is 3. The monoisotopic (exact) mass is 251 g/mol. The lowest BCUT2D eigenvalue weighted by molar-refractivity contribution is -0.138. The van der Waals surface area contributed by atoms with Crippen molar-refractivity contribution in [2.75, 3.05) is 13.1 Å². The smallest absolute Gasteiger partial charge is 0.324 e. The van der Waals surface area contributed by atoms with Gasteiger partial charge in [0.25, 0.3) is 0 Å². The summed E-state index contributed by atoms with van der Waals surface area (Å²) >= 11 is 0. The molecule has 2 unspecified atom stereocenters. The Bertz CT molecular complexity index is 352. The fraction of sp³-hybridized carbons (Fsp3) is 0.846. The summed E-state index contributed by atoms with van der Waals surface area (Å²) in [5, 5.41) is 6.31. The Balaban J connectivity index is 1.77. The van der Waals surface area contributed by atoms with Gasteiger partial charge < -0.3 is 10.6 Å². The van der Waals surface area contributed by atoms with Gasteiger partial charge in [-0.3, -0.25) is 9.69 Å². The van der Waals surface area contributed by atoms with E-state index in [0.717, 1.165) is 51.6 Å². The molecule has 0 spiro atoms. The Hall–Kier alpha value is -1.10. The van der Waals surface area contributed by atoms with Gasteiger partial charge in [0.15, 0.2) is 0 Å². The molecule has 0 aromatic rings. The van der Waals surface area contributed by atoms with Crippen molar-refractivity contribution >= 4 is 11.9 Å². The number of carbonyl (C=O) groups excluding carboxylic acids is 2. The number of amides is 3. The summed E-state index contributed by atoms with van der Waals surface area (Å²) in [5.74, 6) is 0.113. The van der Waals surface area contributed by atoms with Gasteiger partial charge in [-0.2, -0.15) is 0 Å². The summed E-state index contributed by atoms with van der Waals surface area (Å²) in [5.41, 5.74) is 0. The van der Waals surface area contributed by atoms with Crippen molar-refractivity contribution in [1.29, 1.82) is 0 Å². The van der Waals surface area contributed by atoms with E-state index >= 15 is 0 Å². The second-order valence-electron chi connectivity index (χ2n) is 5.64. The maximum atomic E-state index is 12.5. The molecule has 3 amide bonds. The highest BCUT2D eigenvalue weighted by Gasteiger charge is 2.44. The zero-order valence-electron chi connectivity index (χ0n) is 10.7. The van der Waals surface area contributed by atoms with Gasteiger partial charge in [-0.05, 0) is 38.8 Å². The topological polar surface area (TPSA) is 61.4 Å². The molecular formula is C13H21N3O2. The van der Waals surface area contributed by atoms with Crippen molar-refractivity contribution in [3.05, 3.63) is 0 Å². The van der Waals surface area contributed by atoms with Crippen LogP contribution in [0, 0.1) is 5.92 Å². The predicted octanol–water partition coefficient (Wildman–Crippen LogP) is 0.849. The normalized spacial score (nSPS) is 34.1. The molecule has 0 bridgehead atoms. The SMILES string of the molecule is O=C1NC2CCCCC2C(=O)N1C1CCNCC1. The van der Waals surface area contributed by atoms with Crippen LogP contribution in [-0.2, 0) is 4.79 Å². The van der Waals surface area contributed by atoms with Crippen LogP contribution >= 0.6 is 0 Å². The number of rotatable bonds is 1. The van der Waals surface area contributed by atoms with Crippen LogP contribution in [0.4, 0.5) is 4.79 Å². The maximum absolute atomic E-state index is 12.5. The number of nitrogens with one attached hydrogen (secondary N) is 2. The summed E-state index contributed by atoms with van der Waals surface area (Å²) in [6.45, 7) is 1.80. The predicted molar refractivity (Wildman–Crippen MR) is 67.0 cm³/mol.